The molecule has 0 radical (unpaired) electrons. The molecule has 100 valence electrons. The summed E-state index contributed by atoms with van der Waals surface area (Å²) in [5.74, 6) is 1.68. The van der Waals surface area contributed by atoms with Crippen LogP contribution in [0.3, 0.4) is 0 Å². The third-order valence-electron chi connectivity index (χ3n) is 4.31. The van der Waals surface area contributed by atoms with Crippen molar-refractivity contribution < 1.29 is 0 Å². The number of likely N-dealkylation sites (N-methyl/N-ethyl adjacent to an activating group) is 1. The summed E-state index contributed by atoms with van der Waals surface area (Å²) in [6, 6.07) is 8.79. The highest BCUT2D eigenvalue weighted by Gasteiger charge is 2.26. The van der Waals surface area contributed by atoms with Gasteiger partial charge in [-0.3, -0.25) is 0 Å². The molecule has 3 unspecified atom stereocenters. The lowest BCUT2D eigenvalue weighted by Crippen LogP contribution is -2.38. The molecule has 1 aromatic rings. The van der Waals surface area contributed by atoms with Crippen LogP contribution in [0.15, 0.2) is 24.3 Å². The lowest BCUT2D eigenvalue weighted by atomic mass is 9.77. The molecule has 1 nitrogen and oxygen atoms in total. The summed E-state index contributed by atoms with van der Waals surface area (Å²) in [7, 11) is 2.08. The predicted molar refractivity (Wildman–Crippen MR) is 79.1 cm³/mol. The van der Waals surface area contributed by atoms with E-state index in [4.69, 9.17) is 11.6 Å². The fourth-order valence-corrected chi connectivity index (χ4v) is 3.46. The van der Waals surface area contributed by atoms with Crippen LogP contribution in [0.4, 0.5) is 0 Å². The lowest BCUT2D eigenvalue weighted by Gasteiger charge is -2.33. The van der Waals surface area contributed by atoms with Gasteiger partial charge in [0, 0.05) is 11.1 Å². The summed E-state index contributed by atoms with van der Waals surface area (Å²) in [5.41, 5.74) is 1.27. The Hall–Kier alpha value is -0.530. The van der Waals surface area contributed by atoms with Crippen molar-refractivity contribution in [3.8, 4) is 0 Å². The summed E-state index contributed by atoms with van der Waals surface area (Å²) >= 11 is 6.27. The molecule has 0 saturated heterocycles. The topological polar surface area (TPSA) is 12.0 Å². The van der Waals surface area contributed by atoms with Gasteiger partial charge in [0.2, 0.25) is 0 Å². The molecule has 2 rings (SSSR count). The van der Waals surface area contributed by atoms with Crippen molar-refractivity contribution >= 4 is 11.6 Å². The molecular weight excluding hydrogens is 242 g/mol. The zero-order chi connectivity index (χ0) is 13.0. The monoisotopic (exact) mass is 265 g/mol. The Morgan fingerprint density at radius 3 is 2.78 bits per heavy atom. The Morgan fingerprint density at radius 1 is 1.33 bits per heavy atom. The fraction of sp³-hybridized carbons (Fsp3) is 0.625. The number of hydrogen-bond donors (Lipinski definition) is 1. The van der Waals surface area contributed by atoms with E-state index in [2.05, 4.69) is 31.4 Å². The Balaban J connectivity index is 2.03. The normalized spacial score (nSPS) is 25.9. The standard InChI is InChI=1S/C16H24ClN/c1-12-6-5-8-14(10-12)16(18-2)11-13-7-3-4-9-15(13)17/h3-4,7,9,12,14,16,18H,5-6,8,10-11H2,1-2H3. The van der Waals surface area contributed by atoms with Gasteiger partial charge in [0.1, 0.15) is 0 Å². The highest BCUT2D eigenvalue weighted by atomic mass is 35.5. The molecular formula is C16H24ClN. The molecule has 1 aliphatic rings. The van der Waals surface area contributed by atoms with Crippen molar-refractivity contribution in [1.82, 2.24) is 5.32 Å². The number of halogens is 1. The SMILES string of the molecule is CNC(Cc1ccccc1Cl)C1CCCC(C)C1. The first-order chi connectivity index (χ1) is 8.70. The first-order valence-corrected chi connectivity index (χ1v) is 7.49. The quantitative estimate of drug-likeness (QED) is 0.856. The molecule has 3 atom stereocenters. The van der Waals surface area contributed by atoms with Crippen LogP contribution in [0.25, 0.3) is 0 Å². The lowest BCUT2D eigenvalue weighted by molar-refractivity contribution is 0.227. The van der Waals surface area contributed by atoms with Crippen LogP contribution in [0, 0.1) is 11.8 Å². The maximum absolute atomic E-state index is 6.27. The van der Waals surface area contributed by atoms with Crippen LogP contribution in [0.5, 0.6) is 0 Å². The van der Waals surface area contributed by atoms with E-state index in [-0.39, 0.29) is 0 Å². The molecule has 1 fully saturated rings. The van der Waals surface area contributed by atoms with Gasteiger partial charge in [-0.2, -0.15) is 0 Å². The van der Waals surface area contributed by atoms with Gasteiger partial charge in [0.15, 0.2) is 0 Å². The maximum atomic E-state index is 6.27. The van der Waals surface area contributed by atoms with E-state index < -0.39 is 0 Å². The maximum Gasteiger partial charge on any atom is 0.0438 e. The largest absolute Gasteiger partial charge is 0.316 e. The molecule has 0 heterocycles. The van der Waals surface area contributed by atoms with Crippen molar-refractivity contribution in [2.45, 2.75) is 45.1 Å². The van der Waals surface area contributed by atoms with Gasteiger partial charge in [0.05, 0.1) is 0 Å². The predicted octanol–water partition coefficient (Wildman–Crippen LogP) is 4.30. The third kappa shape index (κ3) is 3.49. The summed E-state index contributed by atoms with van der Waals surface area (Å²) in [4.78, 5) is 0. The van der Waals surface area contributed by atoms with E-state index in [0.29, 0.717) is 6.04 Å². The van der Waals surface area contributed by atoms with E-state index >= 15 is 0 Å². The molecule has 1 aliphatic carbocycles. The molecule has 0 aromatic heterocycles. The van der Waals surface area contributed by atoms with Crippen LogP contribution in [-0.2, 0) is 6.42 Å². The van der Waals surface area contributed by atoms with Gasteiger partial charge >= 0.3 is 0 Å². The number of benzene rings is 1. The highest BCUT2D eigenvalue weighted by Crippen LogP contribution is 2.32. The van der Waals surface area contributed by atoms with E-state index in [0.717, 1.165) is 23.3 Å². The van der Waals surface area contributed by atoms with Gasteiger partial charge in [-0.15, -0.1) is 0 Å². The molecule has 0 spiro atoms. The Bertz CT molecular complexity index is 377. The van der Waals surface area contributed by atoms with Crippen LogP contribution >= 0.6 is 11.6 Å². The first-order valence-electron chi connectivity index (χ1n) is 7.11. The first kappa shape index (κ1) is 13.9. The summed E-state index contributed by atoms with van der Waals surface area (Å²) in [5, 5.41) is 4.41. The summed E-state index contributed by atoms with van der Waals surface area (Å²) < 4.78 is 0. The van der Waals surface area contributed by atoms with Gasteiger partial charge < -0.3 is 5.32 Å². The zero-order valence-electron chi connectivity index (χ0n) is 11.5. The molecule has 2 heteroatoms. The second-order valence-corrected chi connectivity index (χ2v) is 6.13. The van der Waals surface area contributed by atoms with Crippen molar-refractivity contribution in [3.63, 3.8) is 0 Å². The minimum Gasteiger partial charge on any atom is -0.316 e. The highest BCUT2D eigenvalue weighted by molar-refractivity contribution is 6.31. The van der Waals surface area contributed by atoms with E-state index in [1.165, 1.54) is 31.2 Å². The number of rotatable bonds is 4. The molecule has 0 amide bonds. The summed E-state index contributed by atoms with van der Waals surface area (Å²) in [6.45, 7) is 2.38. The molecule has 0 aliphatic heterocycles. The smallest absolute Gasteiger partial charge is 0.0438 e. The minimum absolute atomic E-state index is 0.563. The fourth-order valence-electron chi connectivity index (χ4n) is 3.25. The average molecular weight is 266 g/mol. The van der Waals surface area contributed by atoms with Crippen LogP contribution in [-0.4, -0.2) is 13.1 Å². The number of nitrogens with one attached hydrogen (secondary N) is 1. The van der Waals surface area contributed by atoms with Crippen molar-refractivity contribution in [2.75, 3.05) is 7.05 Å². The van der Waals surface area contributed by atoms with E-state index in [1.807, 2.05) is 12.1 Å². The van der Waals surface area contributed by atoms with Crippen molar-refractivity contribution in [3.05, 3.63) is 34.9 Å². The minimum atomic E-state index is 0.563. The Morgan fingerprint density at radius 2 is 2.11 bits per heavy atom. The average Bonchev–Trinajstić information content (AvgIpc) is 2.38. The van der Waals surface area contributed by atoms with Crippen LogP contribution in [0.1, 0.15) is 38.2 Å². The number of hydrogen-bond acceptors (Lipinski definition) is 1. The van der Waals surface area contributed by atoms with Gasteiger partial charge in [0.25, 0.3) is 0 Å². The molecule has 18 heavy (non-hydrogen) atoms. The second kappa shape index (κ2) is 6.58. The van der Waals surface area contributed by atoms with Gasteiger partial charge in [-0.1, -0.05) is 49.6 Å². The molecule has 1 aromatic carbocycles. The zero-order valence-corrected chi connectivity index (χ0v) is 12.2. The molecule has 1 N–H and O–H groups in total. The summed E-state index contributed by atoms with van der Waals surface area (Å²) in [6.07, 6.45) is 6.55. The Kier molecular flexibility index (Phi) is 5.08. The second-order valence-electron chi connectivity index (χ2n) is 5.72. The third-order valence-corrected chi connectivity index (χ3v) is 4.68. The van der Waals surface area contributed by atoms with E-state index in [9.17, 15) is 0 Å². The van der Waals surface area contributed by atoms with Crippen LogP contribution in [0.2, 0.25) is 5.02 Å². The van der Waals surface area contributed by atoms with E-state index in [1.54, 1.807) is 0 Å². The van der Waals surface area contributed by atoms with Crippen molar-refractivity contribution in [2.24, 2.45) is 11.8 Å². The Labute approximate surface area is 116 Å². The van der Waals surface area contributed by atoms with Crippen LogP contribution < -0.4 is 5.32 Å². The van der Waals surface area contributed by atoms with Gasteiger partial charge in [-0.25, -0.2) is 0 Å². The van der Waals surface area contributed by atoms with Gasteiger partial charge in [-0.05, 0) is 49.8 Å². The van der Waals surface area contributed by atoms with Crippen molar-refractivity contribution in [1.29, 1.82) is 0 Å². The molecule has 1 saturated carbocycles. The molecule has 0 bridgehead atoms.